The zero-order chi connectivity index (χ0) is 18.9. The van der Waals surface area contributed by atoms with E-state index in [-0.39, 0.29) is 16.7 Å². The van der Waals surface area contributed by atoms with Gasteiger partial charge in [0, 0.05) is 30.9 Å². The van der Waals surface area contributed by atoms with Crippen LogP contribution in [0.1, 0.15) is 17.2 Å². The summed E-state index contributed by atoms with van der Waals surface area (Å²) in [6.45, 7) is 3.36. The van der Waals surface area contributed by atoms with E-state index in [0.717, 1.165) is 17.2 Å². The molecule has 0 amide bonds. The van der Waals surface area contributed by atoms with Crippen molar-refractivity contribution in [1.29, 1.82) is 0 Å². The number of sulfonamides is 1. The highest BCUT2D eigenvalue weighted by molar-refractivity contribution is 7.89. The van der Waals surface area contributed by atoms with E-state index < -0.39 is 14.9 Å². The Hall–Kier alpha value is -2.49. The Kier molecular flexibility index (Phi) is 4.94. The first-order valence-electron chi connectivity index (χ1n) is 8.00. The van der Waals surface area contributed by atoms with Gasteiger partial charge in [0.2, 0.25) is 10.0 Å². The fraction of sp³-hybridized carbons (Fsp3) is 0.294. The van der Waals surface area contributed by atoms with Crippen LogP contribution in [0.4, 0.5) is 11.4 Å². The number of aryl methyl sites for hydroxylation is 1. The van der Waals surface area contributed by atoms with Crippen LogP contribution in [0.2, 0.25) is 0 Å². The van der Waals surface area contributed by atoms with Crippen molar-refractivity contribution < 1.29 is 18.1 Å². The number of nitrogens with zero attached hydrogens (tertiary/aromatic N) is 2. The molecule has 1 aliphatic rings. The van der Waals surface area contributed by atoms with Crippen LogP contribution in [0.5, 0.6) is 0 Å². The van der Waals surface area contributed by atoms with E-state index in [0.29, 0.717) is 25.4 Å². The highest BCUT2D eigenvalue weighted by Crippen LogP contribution is 2.31. The molecule has 8 nitrogen and oxygen atoms in total. The standard InChI is InChI=1S/C17H19N3O5S/c1-12-4-2-3-5-16(12)17-11-19(6-7-25-17)13-8-14(20(21)22)10-15(9-13)26(18,23)24/h2-5,8-10,17H,6-7,11H2,1H3,(H2,18,23,24). The summed E-state index contributed by atoms with van der Waals surface area (Å²) in [4.78, 5) is 12.1. The minimum Gasteiger partial charge on any atom is -0.370 e. The third kappa shape index (κ3) is 3.85. The Morgan fingerprint density at radius 3 is 2.65 bits per heavy atom. The lowest BCUT2D eigenvalue weighted by atomic mass is 10.0. The molecule has 0 aliphatic carbocycles. The van der Waals surface area contributed by atoms with Crippen molar-refractivity contribution in [3.63, 3.8) is 0 Å². The van der Waals surface area contributed by atoms with E-state index in [1.54, 1.807) is 0 Å². The summed E-state index contributed by atoms with van der Waals surface area (Å²) in [5, 5.41) is 16.3. The second-order valence-corrected chi connectivity index (χ2v) is 7.71. The van der Waals surface area contributed by atoms with Crippen molar-refractivity contribution in [2.24, 2.45) is 5.14 Å². The lowest BCUT2D eigenvalue weighted by molar-refractivity contribution is -0.385. The van der Waals surface area contributed by atoms with E-state index in [1.807, 2.05) is 36.1 Å². The van der Waals surface area contributed by atoms with Crippen molar-refractivity contribution >= 4 is 21.4 Å². The number of morpholine rings is 1. The van der Waals surface area contributed by atoms with E-state index >= 15 is 0 Å². The largest absolute Gasteiger partial charge is 0.370 e. The average molecular weight is 377 g/mol. The average Bonchev–Trinajstić information content (AvgIpc) is 2.61. The van der Waals surface area contributed by atoms with Gasteiger partial charge in [0.1, 0.15) is 6.10 Å². The number of nitro benzene ring substituents is 1. The number of primary sulfonamides is 1. The maximum atomic E-state index is 11.7. The number of hydrogen-bond acceptors (Lipinski definition) is 6. The quantitative estimate of drug-likeness (QED) is 0.644. The first-order chi connectivity index (χ1) is 12.3. The number of anilines is 1. The van der Waals surface area contributed by atoms with E-state index in [9.17, 15) is 18.5 Å². The Morgan fingerprint density at radius 1 is 1.27 bits per heavy atom. The van der Waals surface area contributed by atoms with E-state index in [1.165, 1.54) is 12.1 Å². The van der Waals surface area contributed by atoms with Gasteiger partial charge in [-0.2, -0.15) is 0 Å². The fourth-order valence-corrected chi connectivity index (χ4v) is 3.61. The van der Waals surface area contributed by atoms with Gasteiger partial charge in [-0.05, 0) is 24.1 Å². The van der Waals surface area contributed by atoms with Gasteiger partial charge in [-0.1, -0.05) is 24.3 Å². The molecule has 1 aliphatic heterocycles. The van der Waals surface area contributed by atoms with Crippen LogP contribution >= 0.6 is 0 Å². The first kappa shape index (κ1) is 18.3. The molecule has 1 saturated heterocycles. The van der Waals surface area contributed by atoms with E-state index in [4.69, 9.17) is 9.88 Å². The highest BCUT2D eigenvalue weighted by Gasteiger charge is 2.26. The number of ether oxygens (including phenoxy) is 1. The molecule has 138 valence electrons. The second-order valence-electron chi connectivity index (χ2n) is 6.15. The molecular formula is C17H19N3O5S. The molecule has 2 aromatic carbocycles. The first-order valence-corrected chi connectivity index (χ1v) is 9.54. The predicted octanol–water partition coefficient (Wildman–Crippen LogP) is 2.13. The van der Waals surface area contributed by atoms with Gasteiger partial charge in [0.05, 0.1) is 16.4 Å². The predicted molar refractivity (Wildman–Crippen MR) is 96.6 cm³/mol. The Balaban J connectivity index is 1.96. The zero-order valence-corrected chi connectivity index (χ0v) is 15.0. The monoisotopic (exact) mass is 377 g/mol. The molecular weight excluding hydrogens is 358 g/mol. The SMILES string of the molecule is Cc1ccccc1C1CN(c2cc([N+](=O)[O-])cc(S(N)(=O)=O)c2)CCO1. The number of rotatable bonds is 4. The van der Waals surface area contributed by atoms with Gasteiger partial charge >= 0.3 is 0 Å². The fourth-order valence-electron chi connectivity index (χ4n) is 3.04. The lowest BCUT2D eigenvalue weighted by Crippen LogP contribution is -2.38. The molecule has 0 aromatic heterocycles. The molecule has 2 aromatic rings. The van der Waals surface area contributed by atoms with Gasteiger partial charge in [-0.3, -0.25) is 10.1 Å². The Bertz CT molecular complexity index is 945. The summed E-state index contributed by atoms with van der Waals surface area (Å²) < 4.78 is 29.2. The van der Waals surface area contributed by atoms with Crippen LogP contribution in [-0.2, 0) is 14.8 Å². The summed E-state index contributed by atoms with van der Waals surface area (Å²) in [6.07, 6.45) is -0.206. The summed E-state index contributed by atoms with van der Waals surface area (Å²) in [7, 11) is -4.05. The molecule has 0 radical (unpaired) electrons. The number of benzene rings is 2. The van der Waals surface area contributed by atoms with Crippen molar-refractivity contribution in [3.05, 3.63) is 63.7 Å². The molecule has 9 heteroatoms. The Morgan fingerprint density at radius 2 is 2.00 bits per heavy atom. The van der Waals surface area contributed by atoms with Crippen molar-refractivity contribution in [1.82, 2.24) is 0 Å². The molecule has 1 unspecified atom stereocenters. The molecule has 0 saturated carbocycles. The van der Waals surface area contributed by atoms with Crippen LogP contribution < -0.4 is 10.0 Å². The summed E-state index contributed by atoms with van der Waals surface area (Å²) >= 11 is 0. The normalized spacial score (nSPS) is 17.9. The highest BCUT2D eigenvalue weighted by atomic mass is 32.2. The molecule has 1 atom stereocenters. The molecule has 3 rings (SSSR count). The summed E-state index contributed by atoms with van der Waals surface area (Å²) in [5.41, 5.74) is 2.24. The molecule has 26 heavy (non-hydrogen) atoms. The van der Waals surface area contributed by atoms with Crippen molar-refractivity contribution in [2.45, 2.75) is 17.9 Å². The molecule has 0 spiro atoms. The van der Waals surface area contributed by atoms with Gasteiger partial charge < -0.3 is 9.64 Å². The number of non-ortho nitro benzene ring substituents is 1. The van der Waals surface area contributed by atoms with Crippen molar-refractivity contribution in [3.8, 4) is 0 Å². The molecule has 2 N–H and O–H groups in total. The number of nitrogens with two attached hydrogens (primary N) is 1. The van der Waals surface area contributed by atoms with Gasteiger partial charge in [0.25, 0.3) is 5.69 Å². The van der Waals surface area contributed by atoms with Crippen LogP contribution in [0.25, 0.3) is 0 Å². The smallest absolute Gasteiger partial charge is 0.272 e. The van der Waals surface area contributed by atoms with Crippen LogP contribution in [-0.4, -0.2) is 33.0 Å². The van der Waals surface area contributed by atoms with Crippen molar-refractivity contribution in [2.75, 3.05) is 24.6 Å². The topological polar surface area (TPSA) is 116 Å². The lowest BCUT2D eigenvalue weighted by Gasteiger charge is -2.35. The minimum absolute atomic E-state index is 0.206. The second kappa shape index (κ2) is 7.02. The summed E-state index contributed by atoms with van der Waals surface area (Å²) in [5.74, 6) is 0. The van der Waals surface area contributed by atoms with Crippen LogP contribution in [0.3, 0.4) is 0 Å². The van der Waals surface area contributed by atoms with Crippen LogP contribution in [0.15, 0.2) is 47.4 Å². The van der Waals surface area contributed by atoms with Gasteiger partial charge in [-0.25, -0.2) is 13.6 Å². The Labute approximate surface area is 151 Å². The maximum absolute atomic E-state index is 11.7. The summed E-state index contributed by atoms with van der Waals surface area (Å²) in [6, 6.07) is 11.5. The van der Waals surface area contributed by atoms with E-state index in [2.05, 4.69) is 0 Å². The van der Waals surface area contributed by atoms with Gasteiger partial charge in [-0.15, -0.1) is 0 Å². The zero-order valence-electron chi connectivity index (χ0n) is 14.2. The third-order valence-electron chi connectivity index (χ3n) is 4.38. The third-order valence-corrected chi connectivity index (χ3v) is 5.28. The number of nitro groups is 1. The molecule has 1 heterocycles. The molecule has 0 bridgehead atoms. The molecule has 1 fully saturated rings. The number of hydrogen-bond donors (Lipinski definition) is 1. The maximum Gasteiger partial charge on any atom is 0.272 e. The van der Waals surface area contributed by atoms with Gasteiger partial charge in [0.15, 0.2) is 0 Å². The minimum atomic E-state index is -4.05. The van der Waals surface area contributed by atoms with Crippen LogP contribution in [0, 0.1) is 17.0 Å².